The lowest BCUT2D eigenvalue weighted by Gasteiger charge is -2.39. The fraction of sp³-hybridized carbons (Fsp3) is 0.229. The molecular weight excluding hydrogens is 532 g/mol. The third-order valence-corrected chi connectivity index (χ3v) is 8.47. The number of methoxy groups -OCH3 is 4. The molecule has 42 heavy (non-hydrogen) atoms. The molecule has 0 saturated carbocycles. The molecule has 0 unspecified atom stereocenters. The van der Waals surface area contributed by atoms with Crippen LogP contribution in [0.5, 0.6) is 5.75 Å². The van der Waals surface area contributed by atoms with E-state index in [0.717, 1.165) is 45.7 Å². The molecule has 0 heterocycles. The number of hydrogen-bond acceptors (Lipinski definition) is 7. The summed E-state index contributed by atoms with van der Waals surface area (Å²) in [5, 5.41) is 1.99. The Bertz CT molecular complexity index is 1830. The quantitative estimate of drug-likeness (QED) is 0.339. The predicted octanol–water partition coefficient (Wildman–Crippen LogP) is 4.27. The van der Waals surface area contributed by atoms with Gasteiger partial charge < -0.3 is 18.9 Å². The van der Waals surface area contributed by atoms with Crippen molar-refractivity contribution in [1.29, 1.82) is 0 Å². The van der Waals surface area contributed by atoms with Gasteiger partial charge in [0.1, 0.15) is 5.75 Å². The summed E-state index contributed by atoms with van der Waals surface area (Å²) in [5.41, 5.74) is 7.74. The van der Waals surface area contributed by atoms with Crippen LogP contribution in [0.3, 0.4) is 0 Å². The zero-order valence-electron chi connectivity index (χ0n) is 23.9. The number of esters is 3. The topological polar surface area (TPSA) is 88.1 Å². The van der Waals surface area contributed by atoms with Gasteiger partial charge in [0.05, 0.1) is 45.1 Å². The summed E-state index contributed by atoms with van der Waals surface area (Å²) in [6, 6.07) is 17.2. The minimum absolute atomic E-state index is 0.0381. The number of ether oxygens (including phenoxy) is 4. The zero-order chi connectivity index (χ0) is 29.5. The lowest BCUT2D eigenvalue weighted by molar-refractivity contribution is -0.135. The Labute approximate surface area is 243 Å². The standard InChI is InChI=1S/C35H30O7/c1-39-24-11-14-25-21(15-24)9-13-27-31(25)29-16-22(34(37)41-3)10-12-26(29)30-18-23(35(38)42-4)17-28(32(27)30)19-5-7-20(8-6-19)33(36)40-2/h5-8,10-12,14-18,29,31H,9,13H2,1-4H3/t29-,31+/m1/s1. The summed E-state index contributed by atoms with van der Waals surface area (Å²) in [6.07, 6.45) is 7.35. The Hall–Kier alpha value is -4.91. The van der Waals surface area contributed by atoms with Crippen LogP contribution in [-0.2, 0) is 25.4 Å². The molecule has 0 amide bonds. The molecule has 0 aromatic heterocycles. The van der Waals surface area contributed by atoms with Gasteiger partial charge >= 0.3 is 17.9 Å². The molecule has 3 aromatic rings. The molecule has 0 aliphatic heterocycles. The first-order chi connectivity index (χ1) is 20.4. The van der Waals surface area contributed by atoms with Gasteiger partial charge in [-0.15, -0.1) is 0 Å². The van der Waals surface area contributed by atoms with Gasteiger partial charge in [0.25, 0.3) is 0 Å². The van der Waals surface area contributed by atoms with E-state index in [1.165, 1.54) is 38.0 Å². The Morgan fingerprint density at radius 3 is 2.14 bits per heavy atom. The maximum absolute atomic E-state index is 12.9. The molecule has 6 rings (SSSR count). The molecule has 7 heteroatoms. The van der Waals surface area contributed by atoms with Crippen LogP contribution in [0.4, 0.5) is 0 Å². The Kier molecular flexibility index (Phi) is 7.02. The minimum atomic E-state index is -0.443. The highest BCUT2D eigenvalue weighted by Crippen LogP contribution is 2.48. The van der Waals surface area contributed by atoms with Crippen LogP contribution in [-0.4, -0.2) is 46.3 Å². The highest BCUT2D eigenvalue weighted by molar-refractivity contribution is 5.96. The van der Waals surface area contributed by atoms with Gasteiger partial charge in [-0.3, -0.25) is 0 Å². The van der Waals surface area contributed by atoms with Gasteiger partial charge in [0.15, 0.2) is 0 Å². The van der Waals surface area contributed by atoms with Crippen molar-refractivity contribution in [3.8, 4) is 16.9 Å². The van der Waals surface area contributed by atoms with Crippen molar-refractivity contribution in [3.63, 3.8) is 0 Å². The molecule has 0 bridgehead atoms. The van der Waals surface area contributed by atoms with E-state index in [2.05, 4.69) is 12.1 Å². The number of carbonyl (C=O) groups is 3. The van der Waals surface area contributed by atoms with Gasteiger partial charge in [-0.25, -0.2) is 14.4 Å². The second-order valence-electron chi connectivity index (χ2n) is 10.5. The third-order valence-electron chi connectivity index (χ3n) is 8.47. The maximum atomic E-state index is 12.9. The number of fused-ring (bicyclic) bond motifs is 6. The SMILES string of the molecule is COC(=O)C1=C[C@@H]2C(=c3cc(C(=O)OC)cc(-c4ccc(C(=O)OC)cc4)c3=C3CCc4cc(OC)ccc4[C@@H]32)C=C1. The van der Waals surface area contributed by atoms with Crippen molar-refractivity contribution >= 4 is 29.1 Å². The van der Waals surface area contributed by atoms with Gasteiger partial charge in [0.2, 0.25) is 0 Å². The third kappa shape index (κ3) is 4.42. The molecule has 2 atom stereocenters. The Balaban J connectivity index is 1.69. The Morgan fingerprint density at radius 2 is 1.45 bits per heavy atom. The largest absolute Gasteiger partial charge is 0.497 e. The van der Waals surface area contributed by atoms with Crippen LogP contribution in [0.1, 0.15) is 44.2 Å². The van der Waals surface area contributed by atoms with Crippen molar-refractivity contribution in [3.05, 3.63) is 111 Å². The fourth-order valence-electron chi connectivity index (χ4n) is 6.54. The average molecular weight is 563 g/mol. The Morgan fingerprint density at radius 1 is 0.738 bits per heavy atom. The van der Waals surface area contributed by atoms with Gasteiger partial charge in [-0.1, -0.05) is 35.9 Å². The molecule has 0 N–H and O–H groups in total. The first kappa shape index (κ1) is 27.3. The molecule has 3 aliphatic carbocycles. The van der Waals surface area contributed by atoms with Gasteiger partial charge in [0, 0.05) is 11.8 Å². The van der Waals surface area contributed by atoms with Crippen molar-refractivity contribution in [2.24, 2.45) is 5.92 Å². The summed E-state index contributed by atoms with van der Waals surface area (Å²) in [4.78, 5) is 37.7. The normalized spacial score (nSPS) is 18.0. The molecule has 212 valence electrons. The maximum Gasteiger partial charge on any atom is 0.337 e. The predicted molar refractivity (Wildman–Crippen MR) is 157 cm³/mol. The van der Waals surface area contributed by atoms with Crippen LogP contribution < -0.4 is 15.2 Å². The van der Waals surface area contributed by atoms with Crippen molar-refractivity contribution in [2.75, 3.05) is 28.4 Å². The van der Waals surface area contributed by atoms with E-state index in [1.807, 2.05) is 42.5 Å². The van der Waals surface area contributed by atoms with Crippen LogP contribution in [0, 0.1) is 5.92 Å². The van der Waals surface area contributed by atoms with Crippen molar-refractivity contribution in [1.82, 2.24) is 0 Å². The summed E-state index contributed by atoms with van der Waals surface area (Å²) in [7, 11) is 5.77. The molecule has 3 aromatic carbocycles. The lowest BCUT2D eigenvalue weighted by Crippen LogP contribution is -2.42. The van der Waals surface area contributed by atoms with Crippen LogP contribution in [0.25, 0.3) is 22.3 Å². The number of hydrogen-bond donors (Lipinski definition) is 0. The number of carbonyl (C=O) groups excluding carboxylic acids is 3. The minimum Gasteiger partial charge on any atom is -0.497 e. The first-order valence-corrected chi connectivity index (χ1v) is 13.7. The molecule has 7 nitrogen and oxygen atoms in total. The van der Waals surface area contributed by atoms with Gasteiger partial charge in [-0.05, 0) is 93.6 Å². The molecule has 0 saturated heterocycles. The average Bonchev–Trinajstić information content (AvgIpc) is 3.05. The number of allylic oxidation sites excluding steroid dienone is 2. The van der Waals surface area contributed by atoms with E-state index in [9.17, 15) is 14.4 Å². The van der Waals surface area contributed by atoms with Crippen molar-refractivity contribution in [2.45, 2.75) is 18.8 Å². The lowest BCUT2D eigenvalue weighted by atomic mass is 9.65. The smallest absolute Gasteiger partial charge is 0.337 e. The van der Waals surface area contributed by atoms with E-state index >= 15 is 0 Å². The highest BCUT2D eigenvalue weighted by Gasteiger charge is 2.38. The van der Waals surface area contributed by atoms with E-state index < -0.39 is 17.9 Å². The molecule has 0 spiro atoms. The van der Waals surface area contributed by atoms with Crippen LogP contribution >= 0.6 is 0 Å². The van der Waals surface area contributed by atoms with Crippen LogP contribution in [0.2, 0.25) is 0 Å². The summed E-state index contributed by atoms with van der Waals surface area (Å²) in [6.45, 7) is 0. The van der Waals surface area contributed by atoms with E-state index in [1.54, 1.807) is 25.3 Å². The molecule has 0 radical (unpaired) electrons. The summed E-state index contributed by atoms with van der Waals surface area (Å²) < 4.78 is 20.6. The van der Waals surface area contributed by atoms with Gasteiger partial charge in [-0.2, -0.15) is 0 Å². The van der Waals surface area contributed by atoms with Crippen LogP contribution in [0.15, 0.2) is 78.4 Å². The number of benzene rings is 3. The molecule has 0 fully saturated rings. The highest BCUT2D eigenvalue weighted by atomic mass is 16.5. The fourth-order valence-corrected chi connectivity index (χ4v) is 6.54. The van der Waals surface area contributed by atoms with E-state index in [-0.39, 0.29) is 11.8 Å². The zero-order valence-corrected chi connectivity index (χ0v) is 23.9. The molecule has 3 aliphatic rings. The second kappa shape index (κ2) is 10.8. The number of aryl methyl sites for hydroxylation is 1. The van der Waals surface area contributed by atoms with Crippen molar-refractivity contribution < 1.29 is 33.3 Å². The first-order valence-electron chi connectivity index (χ1n) is 13.7. The monoisotopic (exact) mass is 562 g/mol. The second-order valence-corrected chi connectivity index (χ2v) is 10.5. The van der Waals surface area contributed by atoms with E-state index in [4.69, 9.17) is 18.9 Å². The summed E-state index contributed by atoms with van der Waals surface area (Å²) >= 11 is 0. The van der Waals surface area contributed by atoms with E-state index in [0.29, 0.717) is 16.7 Å². The molecular formula is C35H30O7. The number of rotatable bonds is 5. The summed E-state index contributed by atoms with van der Waals surface area (Å²) in [5.74, 6) is -0.634.